The summed E-state index contributed by atoms with van der Waals surface area (Å²) >= 11 is 0. The van der Waals surface area contributed by atoms with Crippen LogP contribution in [0.4, 0.5) is 30.6 Å². The van der Waals surface area contributed by atoms with Crippen LogP contribution in [0.2, 0.25) is 0 Å². The van der Waals surface area contributed by atoms with Gasteiger partial charge >= 0.3 is 6.18 Å². The van der Waals surface area contributed by atoms with Crippen molar-refractivity contribution in [1.29, 1.82) is 0 Å². The van der Waals surface area contributed by atoms with Gasteiger partial charge in [-0.2, -0.15) is 18.2 Å². The highest BCUT2D eigenvalue weighted by Gasteiger charge is 2.32. The fourth-order valence-corrected chi connectivity index (χ4v) is 2.64. The standard InChI is InChI=1S/C19H18F3N5/c1-3-24-18-26-16(13-7-9-23-10-8-13)11-17(27-18)25-15-6-4-5-14(12(15)2)19(20,21)22/h4-11H,3H2,1-2H3,(H2,24,25,26,27). The smallest absolute Gasteiger partial charge is 0.354 e. The normalized spacial score (nSPS) is 11.3. The predicted molar refractivity (Wildman–Crippen MR) is 98.9 cm³/mol. The summed E-state index contributed by atoms with van der Waals surface area (Å²) in [6.45, 7) is 3.95. The van der Waals surface area contributed by atoms with Crippen molar-refractivity contribution >= 4 is 17.5 Å². The second kappa shape index (κ2) is 7.61. The van der Waals surface area contributed by atoms with Crippen molar-refractivity contribution in [2.24, 2.45) is 0 Å². The van der Waals surface area contributed by atoms with Crippen LogP contribution in [0.5, 0.6) is 0 Å². The van der Waals surface area contributed by atoms with E-state index in [-0.39, 0.29) is 5.56 Å². The molecule has 3 rings (SSSR count). The first-order valence-corrected chi connectivity index (χ1v) is 8.35. The summed E-state index contributed by atoms with van der Waals surface area (Å²) in [4.78, 5) is 12.8. The third-order valence-electron chi connectivity index (χ3n) is 3.94. The number of nitrogens with zero attached hydrogens (tertiary/aromatic N) is 3. The molecular weight excluding hydrogens is 355 g/mol. The largest absolute Gasteiger partial charge is 0.416 e. The van der Waals surface area contributed by atoms with Crippen molar-refractivity contribution in [1.82, 2.24) is 15.0 Å². The maximum atomic E-state index is 13.1. The average molecular weight is 373 g/mol. The number of aromatic nitrogens is 3. The summed E-state index contributed by atoms with van der Waals surface area (Å²) in [7, 11) is 0. The number of hydrogen-bond donors (Lipinski definition) is 2. The molecule has 0 aliphatic heterocycles. The van der Waals surface area contributed by atoms with Crippen molar-refractivity contribution < 1.29 is 13.2 Å². The summed E-state index contributed by atoms with van der Waals surface area (Å²) < 4.78 is 39.4. The molecule has 0 spiro atoms. The Kier molecular flexibility index (Phi) is 5.25. The van der Waals surface area contributed by atoms with Gasteiger partial charge in [-0.3, -0.25) is 4.98 Å². The van der Waals surface area contributed by atoms with Crippen molar-refractivity contribution in [2.75, 3.05) is 17.2 Å². The van der Waals surface area contributed by atoms with Crippen LogP contribution in [0.25, 0.3) is 11.3 Å². The molecular formula is C19H18F3N5. The molecule has 8 heteroatoms. The number of benzene rings is 1. The summed E-state index contributed by atoms with van der Waals surface area (Å²) in [5, 5.41) is 6.02. The number of anilines is 3. The van der Waals surface area contributed by atoms with E-state index in [9.17, 15) is 13.2 Å². The van der Waals surface area contributed by atoms with Crippen LogP contribution in [0.3, 0.4) is 0 Å². The Morgan fingerprint density at radius 1 is 1.04 bits per heavy atom. The Balaban J connectivity index is 2.01. The minimum atomic E-state index is -4.41. The third kappa shape index (κ3) is 4.33. The summed E-state index contributed by atoms with van der Waals surface area (Å²) in [5.74, 6) is 0.786. The van der Waals surface area contributed by atoms with Gasteiger partial charge in [0.05, 0.1) is 11.3 Å². The van der Waals surface area contributed by atoms with Gasteiger partial charge in [0.2, 0.25) is 5.95 Å². The zero-order valence-electron chi connectivity index (χ0n) is 14.8. The fourth-order valence-electron chi connectivity index (χ4n) is 2.64. The highest BCUT2D eigenvalue weighted by molar-refractivity contribution is 5.69. The zero-order chi connectivity index (χ0) is 19.4. The number of rotatable bonds is 5. The van der Waals surface area contributed by atoms with Crippen LogP contribution in [0.15, 0.2) is 48.8 Å². The van der Waals surface area contributed by atoms with Gasteiger partial charge in [0.15, 0.2) is 0 Å². The maximum Gasteiger partial charge on any atom is 0.416 e. The maximum absolute atomic E-state index is 13.1. The van der Waals surface area contributed by atoms with E-state index in [2.05, 4.69) is 25.6 Å². The number of pyridine rings is 1. The quantitative estimate of drug-likeness (QED) is 0.656. The van der Waals surface area contributed by atoms with Crippen molar-refractivity contribution in [3.63, 3.8) is 0 Å². The van der Waals surface area contributed by atoms with Gasteiger partial charge in [0, 0.05) is 36.3 Å². The summed E-state index contributed by atoms with van der Waals surface area (Å²) in [6.07, 6.45) is -1.12. The molecule has 27 heavy (non-hydrogen) atoms. The van der Waals surface area contributed by atoms with Crippen molar-refractivity contribution in [3.05, 3.63) is 59.9 Å². The Labute approximate surface area is 154 Å². The lowest BCUT2D eigenvalue weighted by Gasteiger charge is -2.16. The Morgan fingerprint density at radius 3 is 2.44 bits per heavy atom. The number of hydrogen-bond acceptors (Lipinski definition) is 5. The fraction of sp³-hybridized carbons (Fsp3) is 0.211. The lowest BCUT2D eigenvalue weighted by molar-refractivity contribution is -0.138. The van der Waals surface area contributed by atoms with Gasteiger partial charge in [-0.05, 0) is 43.7 Å². The van der Waals surface area contributed by atoms with Gasteiger partial charge < -0.3 is 10.6 Å². The first-order valence-electron chi connectivity index (χ1n) is 8.35. The molecule has 2 N–H and O–H groups in total. The van der Waals surface area contributed by atoms with Crippen LogP contribution < -0.4 is 10.6 Å². The number of halogens is 3. The Morgan fingerprint density at radius 2 is 1.78 bits per heavy atom. The first kappa shape index (κ1) is 18.6. The second-order valence-corrected chi connectivity index (χ2v) is 5.83. The summed E-state index contributed by atoms with van der Waals surface area (Å²) in [6, 6.07) is 9.32. The lowest BCUT2D eigenvalue weighted by Crippen LogP contribution is -2.10. The minimum absolute atomic E-state index is 0.110. The van der Waals surface area contributed by atoms with Gasteiger partial charge in [-0.25, -0.2) is 4.98 Å². The Bertz CT molecular complexity index is 926. The van der Waals surface area contributed by atoms with Crippen molar-refractivity contribution in [3.8, 4) is 11.3 Å². The molecule has 0 unspecified atom stereocenters. The van der Waals surface area contributed by atoms with Gasteiger partial charge in [-0.1, -0.05) is 6.07 Å². The monoisotopic (exact) mass is 373 g/mol. The molecule has 140 valence electrons. The SMILES string of the molecule is CCNc1nc(Nc2cccc(C(F)(F)F)c2C)cc(-c2ccncc2)n1. The summed E-state index contributed by atoms with van der Waals surface area (Å²) in [5.41, 5.74) is 1.24. The lowest BCUT2D eigenvalue weighted by atomic mass is 10.1. The number of nitrogens with one attached hydrogen (secondary N) is 2. The molecule has 0 radical (unpaired) electrons. The van der Waals surface area contributed by atoms with Gasteiger partial charge in [-0.15, -0.1) is 0 Å². The molecule has 0 amide bonds. The van der Waals surface area contributed by atoms with Crippen LogP contribution in [-0.2, 0) is 6.18 Å². The van der Waals surface area contributed by atoms with Crippen LogP contribution in [0, 0.1) is 6.92 Å². The third-order valence-corrected chi connectivity index (χ3v) is 3.94. The molecule has 0 aliphatic carbocycles. The molecule has 0 atom stereocenters. The zero-order valence-corrected chi connectivity index (χ0v) is 14.8. The van der Waals surface area contributed by atoms with Crippen LogP contribution in [0.1, 0.15) is 18.1 Å². The molecule has 0 fully saturated rings. The molecule has 0 saturated heterocycles. The van der Waals surface area contributed by atoms with E-state index in [1.165, 1.54) is 13.0 Å². The highest BCUT2D eigenvalue weighted by Crippen LogP contribution is 2.35. The molecule has 2 aromatic heterocycles. The number of alkyl halides is 3. The van der Waals surface area contributed by atoms with E-state index < -0.39 is 11.7 Å². The van der Waals surface area contributed by atoms with E-state index in [1.54, 1.807) is 36.7 Å². The Hall–Kier alpha value is -3.16. The van der Waals surface area contributed by atoms with Gasteiger partial charge in [0.1, 0.15) is 5.82 Å². The molecule has 1 aromatic carbocycles. The average Bonchev–Trinajstić information content (AvgIpc) is 2.63. The highest BCUT2D eigenvalue weighted by atomic mass is 19.4. The van der Waals surface area contributed by atoms with E-state index in [0.717, 1.165) is 11.6 Å². The topological polar surface area (TPSA) is 62.7 Å². The molecule has 0 saturated carbocycles. The van der Waals surface area contributed by atoms with Gasteiger partial charge in [0.25, 0.3) is 0 Å². The molecule has 5 nitrogen and oxygen atoms in total. The molecule has 0 bridgehead atoms. The molecule has 0 aliphatic rings. The molecule has 2 heterocycles. The first-order chi connectivity index (χ1) is 12.9. The second-order valence-electron chi connectivity index (χ2n) is 5.83. The van der Waals surface area contributed by atoms with E-state index in [0.29, 0.717) is 29.7 Å². The minimum Gasteiger partial charge on any atom is -0.354 e. The van der Waals surface area contributed by atoms with Crippen LogP contribution >= 0.6 is 0 Å². The van der Waals surface area contributed by atoms with Crippen molar-refractivity contribution in [2.45, 2.75) is 20.0 Å². The predicted octanol–water partition coefficient (Wildman–Crippen LogP) is 5.04. The van der Waals surface area contributed by atoms with E-state index >= 15 is 0 Å². The van der Waals surface area contributed by atoms with E-state index in [1.807, 2.05) is 6.92 Å². The molecule has 3 aromatic rings. The van der Waals surface area contributed by atoms with Crippen LogP contribution in [-0.4, -0.2) is 21.5 Å². The van der Waals surface area contributed by atoms with E-state index in [4.69, 9.17) is 0 Å².